The number of H-pyrrole nitrogens is 1. The van der Waals surface area contributed by atoms with Gasteiger partial charge in [-0.05, 0) is 37.3 Å². The zero-order valence-corrected chi connectivity index (χ0v) is 14.7. The summed E-state index contributed by atoms with van der Waals surface area (Å²) >= 11 is 0. The molecule has 3 aromatic heterocycles. The maximum Gasteiger partial charge on any atom is 0.213 e. The van der Waals surface area contributed by atoms with Gasteiger partial charge in [0.2, 0.25) is 5.88 Å². The van der Waals surface area contributed by atoms with Gasteiger partial charge in [0.05, 0.1) is 30.4 Å². The van der Waals surface area contributed by atoms with Crippen molar-refractivity contribution in [2.75, 3.05) is 13.2 Å². The molecule has 0 amide bonds. The SMILES string of the molecule is Cc1cnc(-c2cc3cc(Oc4ccc(OCCO)nc4)ccc3[nH]2)cn1. The van der Waals surface area contributed by atoms with Gasteiger partial charge in [-0.15, -0.1) is 0 Å². The number of pyridine rings is 1. The van der Waals surface area contributed by atoms with E-state index in [0.29, 0.717) is 17.4 Å². The van der Waals surface area contributed by atoms with Crippen LogP contribution >= 0.6 is 0 Å². The Labute approximate surface area is 155 Å². The van der Waals surface area contributed by atoms with Crippen molar-refractivity contribution < 1.29 is 14.6 Å². The number of benzene rings is 1. The Kier molecular flexibility index (Phi) is 4.67. The van der Waals surface area contributed by atoms with Gasteiger partial charge in [0.1, 0.15) is 23.8 Å². The highest BCUT2D eigenvalue weighted by Gasteiger charge is 2.07. The number of aromatic amines is 1. The maximum absolute atomic E-state index is 8.76. The first-order valence-electron chi connectivity index (χ1n) is 8.50. The molecule has 4 rings (SSSR count). The first kappa shape index (κ1) is 17.0. The van der Waals surface area contributed by atoms with Gasteiger partial charge >= 0.3 is 0 Å². The number of nitrogens with zero attached hydrogens (tertiary/aromatic N) is 3. The highest BCUT2D eigenvalue weighted by molar-refractivity contribution is 5.86. The lowest BCUT2D eigenvalue weighted by atomic mass is 10.2. The van der Waals surface area contributed by atoms with Crippen LogP contribution in [0.25, 0.3) is 22.3 Å². The fraction of sp³-hybridized carbons (Fsp3) is 0.150. The normalized spacial score (nSPS) is 10.9. The molecule has 2 N–H and O–H groups in total. The molecule has 27 heavy (non-hydrogen) atoms. The van der Waals surface area contributed by atoms with E-state index in [-0.39, 0.29) is 13.2 Å². The maximum atomic E-state index is 8.76. The minimum atomic E-state index is -0.0488. The summed E-state index contributed by atoms with van der Waals surface area (Å²) in [4.78, 5) is 16.2. The van der Waals surface area contributed by atoms with Gasteiger partial charge in [-0.1, -0.05) is 0 Å². The van der Waals surface area contributed by atoms with Crippen molar-refractivity contribution in [3.63, 3.8) is 0 Å². The molecule has 0 aliphatic heterocycles. The molecular formula is C20H18N4O3. The summed E-state index contributed by atoms with van der Waals surface area (Å²) in [5.74, 6) is 1.75. The molecular weight excluding hydrogens is 344 g/mol. The number of fused-ring (bicyclic) bond motifs is 1. The van der Waals surface area contributed by atoms with Crippen LogP contribution in [0.5, 0.6) is 17.4 Å². The number of ether oxygens (including phenoxy) is 2. The number of nitrogens with one attached hydrogen (secondary N) is 1. The first-order valence-corrected chi connectivity index (χ1v) is 8.50. The summed E-state index contributed by atoms with van der Waals surface area (Å²) < 4.78 is 11.1. The molecule has 0 bridgehead atoms. The second-order valence-corrected chi connectivity index (χ2v) is 5.98. The van der Waals surface area contributed by atoms with Crippen molar-refractivity contribution in [2.24, 2.45) is 0 Å². The molecule has 136 valence electrons. The lowest BCUT2D eigenvalue weighted by molar-refractivity contribution is 0.196. The Bertz CT molecular complexity index is 1040. The smallest absolute Gasteiger partial charge is 0.213 e. The molecule has 0 radical (unpaired) electrons. The molecule has 1 aromatic carbocycles. The molecule has 0 saturated carbocycles. The third-order valence-corrected chi connectivity index (χ3v) is 3.94. The van der Waals surface area contributed by atoms with Crippen LogP contribution in [0.4, 0.5) is 0 Å². The number of aliphatic hydroxyl groups excluding tert-OH is 1. The summed E-state index contributed by atoms with van der Waals surface area (Å²) in [5, 5.41) is 9.78. The number of aryl methyl sites for hydroxylation is 1. The van der Waals surface area contributed by atoms with Crippen molar-refractivity contribution >= 4 is 10.9 Å². The van der Waals surface area contributed by atoms with Crippen LogP contribution in [-0.4, -0.2) is 38.3 Å². The van der Waals surface area contributed by atoms with Gasteiger partial charge < -0.3 is 19.6 Å². The topological polar surface area (TPSA) is 93.1 Å². The average molecular weight is 362 g/mol. The molecule has 7 heteroatoms. The van der Waals surface area contributed by atoms with Crippen LogP contribution < -0.4 is 9.47 Å². The zero-order chi connectivity index (χ0) is 18.6. The van der Waals surface area contributed by atoms with Gasteiger partial charge in [0, 0.05) is 23.2 Å². The minimum Gasteiger partial charge on any atom is -0.475 e. The number of rotatable bonds is 6. The third kappa shape index (κ3) is 3.88. The molecule has 0 unspecified atom stereocenters. The Morgan fingerprint density at radius 1 is 0.963 bits per heavy atom. The molecule has 7 nitrogen and oxygen atoms in total. The van der Waals surface area contributed by atoms with Crippen LogP contribution in [0, 0.1) is 6.92 Å². The minimum absolute atomic E-state index is 0.0488. The van der Waals surface area contributed by atoms with Crippen LogP contribution in [0.1, 0.15) is 5.69 Å². The Morgan fingerprint density at radius 3 is 2.59 bits per heavy atom. The van der Waals surface area contributed by atoms with E-state index in [0.717, 1.165) is 28.0 Å². The van der Waals surface area contributed by atoms with E-state index in [4.69, 9.17) is 14.6 Å². The number of hydrogen-bond acceptors (Lipinski definition) is 6. The summed E-state index contributed by atoms with van der Waals surface area (Å²) in [6, 6.07) is 11.3. The van der Waals surface area contributed by atoms with E-state index in [1.807, 2.05) is 31.2 Å². The van der Waals surface area contributed by atoms with Crippen LogP contribution in [0.15, 0.2) is 55.0 Å². The molecule has 0 spiro atoms. The van der Waals surface area contributed by atoms with Crippen molar-refractivity contribution in [3.8, 4) is 28.8 Å². The van der Waals surface area contributed by atoms with E-state index >= 15 is 0 Å². The molecule has 0 fully saturated rings. The van der Waals surface area contributed by atoms with Gasteiger partial charge in [-0.25, -0.2) is 4.98 Å². The molecule has 4 aromatic rings. The highest BCUT2D eigenvalue weighted by Crippen LogP contribution is 2.28. The van der Waals surface area contributed by atoms with Gasteiger partial charge in [0.25, 0.3) is 0 Å². The molecule has 3 heterocycles. The molecule has 0 atom stereocenters. The second-order valence-electron chi connectivity index (χ2n) is 5.98. The summed E-state index contributed by atoms with van der Waals surface area (Å²) in [6.45, 7) is 2.07. The molecule has 0 aliphatic rings. The van der Waals surface area contributed by atoms with Crippen LogP contribution in [0.3, 0.4) is 0 Å². The van der Waals surface area contributed by atoms with E-state index < -0.39 is 0 Å². The first-order chi connectivity index (χ1) is 13.2. The zero-order valence-electron chi connectivity index (χ0n) is 14.7. The van der Waals surface area contributed by atoms with Crippen molar-refractivity contribution in [1.29, 1.82) is 0 Å². The van der Waals surface area contributed by atoms with Crippen LogP contribution in [-0.2, 0) is 0 Å². The van der Waals surface area contributed by atoms with E-state index in [9.17, 15) is 0 Å². The second kappa shape index (κ2) is 7.43. The van der Waals surface area contributed by atoms with Crippen molar-refractivity contribution in [3.05, 3.63) is 60.7 Å². The van der Waals surface area contributed by atoms with E-state index in [1.54, 1.807) is 30.7 Å². The van der Waals surface area contributed by atoms with Crippen LogP contribution in [0.2, 0.25) is 0 Å². The number of aliphatic hydroxyl groups is 1. The monoisotopic (exact) mass is 362 g/mol. The largest absolute Gasteiger partial charge is 0.475 e. The van der Waals surface area contributed by atoms with Gasteiger partial charge in [0.15, 0.2) is 0 Å². The fourth-order valence-corrected chi connectivity index (χ4v) is 2.64. The summed E-state index contributed by atoms with van der Waals surface area (Å²) in [7, 11) is 0. The third-order valence-electron chi connectivity index (χ3n) is 3.94. The summed E-state index contributed by atoms with van der Waals surface area (Å²) in [6.07, 6.45) is 5.08. The van der Waals surface area contributed by atoms with E-state index in [2.05, 4.69) is 19.9 Å². The lowest BCUT2D eigenvalue weighted by Gasteiger charge is -2.07. The van der Waals surface area contributed by atoms with Crippen molar-refractivity contribution in [2.45, 2.75) is 6.92 Å². The predicted molar refractivity (Wildman–Crippen MR) is 101 cm³/mol. The predicted octanol–water partition coefficient (Wildman–Crippen LogP) is 3.49. The summed E-state index contributed by atoms with van der Waals surface area (Å²) in [5.41, 5.74) is 3.57. The standard InChI is InChI=1S/C20H18N4O3/c1-13-10-22-19(12-21-13)18-9-14-8-15(2-4-17(14)24-18)27-16-3-5-20(23-11-16)26-7-6-25/h2-5,8-12,24-25H,6-7H2,1H3. The Balaban J connectivity index is 1.53. The lowest BCUT2D eigenvalue weighted by Crippen LogP contribution is -2.02. The van der Waals surface area contributed by atoms with Crippen molar-refractivity contribution in [1.82, 2.24) is 19.9 Å². The van der Waals surface area contributed by atoms with Gasteiger partial charge in [-0.3, -0.25) is 9.97 Å². The van der Waals surface area contributed by atoms with Gasteiger partial charge in [-0.2, -0.15) is 0 Å². The quantitative estimate of drug-likeness (QED) is 0.545. The highest BCUT2D eigenvalue weighted by atomic mass is 16.5. The Hall–Kier alpha value is -3.45. The number of hydrogen-bond donors (Lipinski definition) is 2. The number of aromatic nitrogens is 4. The average Bonchev–Trinajstić information content (AvgIpc) is 3.11. The van der Waals surface area contributed by atoms with E-state index in [1.165, 1.54) is 0 Å². The Morgan fingerprint density at radius 2 is 1.85 bits per heavy atom. The molecule has 0 saturated heterocycles. The fourth-order valence-electron chi connectivity index (χ4n) is 2.64. The molecule has 0 aliphatic carbocycles.